The summed E-state index contributed by atoms with van der Waals surface area (Å²) in [6.45, 7) is 7.41. The first-order valence-corrected chi connectivity index (χ1v) is 8.02. The smallest absolute Gasteiger partial charge is 0.194 e. The van der Waals surface area contributed by atoms with Crippen LogP contribution in [-0.4, -0.2) is 50.3 Å². The minimum Gasteiger partial charge on any atom is -0.370 e. The number of hydrogen-bond donors (Lipinski definition) is 1. The van der Waals surface area contributed by atoms with E-state index in [0.29, 0.717) is 19.6 Å². The molecule has 1 aromatic carbocycles. The van der Waals surface area contributed by atoms with Crippen LogP contribution >= 0.6 is 0 Å². The number of aryl methyl sites for hydroxylation is 1. The molecular weight excluding hydrogens is 281 g/mol. The van der Waals surface area contributed by atoms with Gasteiger partial charge in [-0.15, -0.1) is 0 Å². The molecule has 0 radical (unpaired) electrons. The highest BCUT2D eigenvalue weighted by atomic mass is 19.1. The Bertz CT molecular complexity index is 493. The lowest BCUT2D eigenvalue weighted by Gasteiger charge is -2.35. The van der Waals surface area contributed by atoms with Gasteiger partial charge in [0.15, 0.2) is 5.96 Å². The standard InChI is InChI=1S/C17H26FN3O/c1-3-19-17(20-10-6-9-18)21-11-12-22-16(13-21)15-8-5-4-7-14(15)2/h4-5,7-8,16H,3,6,9-13H2,1-2H3,(H,19,20). The molecule has 0 aliphatic carbocycles. The summed E-state index contributed by atoms with van der Waals surface area (Å²) >= 11 is 0. The van der Waals surface area contributed by atoms with Crippen molar-refractivity contribution >= 4 is 5.96 Å². The van der Waals surface area contributed by atoms with Crippen LogP contribution in [0.4, 0.5) is 4.39 Å². The van der Waals surface area contributed by atoms with Crippen molar-refractivity contribution in [3.8, 4) is 0 Å². The largest absolute Gasteiger partial charge is 0.370 e. The van der Waals surface area contributed by atoms with Crippen LogP contribution in [0.15, 0.2) is 29.3 Å². The Kier molecular flexibility index (Phi) is 6.65. The molecule has 2 rings (SSSR count). The molecule has 0 aromatic heterocycles. The molecule has 0 saturated carbocycles. The Morgan fingerprint density at radius 3 is 3.00 bits per heavy atom. The van der Waals surface area contributed by atoms with Gasteiger partial charge in [0, 0.05) is 19.6 Å². The van der Waals surface area contributed by atoms with Crippen molar-refractivity contribution in [1.29, 1.82) is 0 Å². The predicted octanol–water partition coefficient (Wildman–Crippen LogP) is 2.69. The summed E-state index contributed by atoms with van der Waals surface area (Å²) in [5, 5.41) is 3.30. The number of rotatable bonds is 5. The molecule has 1 N–H and O–H groups in total. The molecule has 22 heavy (non-hydrogen) atoms. The third kappa shape index (κ3) is 4.44. The SMILES string of the molecule is CCNC(=NCCCF)N1CCOC(c2ccccc2C)C1. The molecule has 5 heteroatoms. The molecule has 1 saturated heterocycles. The third-order valence-corrected chi connectivity index (χ3v) is 3.79. The predicted molar refractivity (Wildman–Crippen MR) is 88.0 cm³/mol. The molecule has 1 unspecified atom stereocenters. The maximum atomic E-state index is 12.3. The fraction of sp³-hybridized carbons (Fsp3) is 0.588. The van der Waals surface area contributed by atoms with Crippen LogP contribution in [0.3, 0.4) is 0 Å². The van der Waals surface area contributed by atoms with E-state index in [-0.39, 0.29) is 12.8 Å². The summed E-state index contributed by atoms with van der Waals surface area (Å²) in [7, 11) is 0. The van der Waals surface area contributed by atoms with Crippen molar-refractivity contribution in [3.05, 3.63) is 35.4 Å². The third-order valence-electron chi connectivity index (χ3n) is 3.79. The molecule has 0 spiro atoms. The van der Waals surface area contributed by atoms with Crippen LogP contribution in [0.5, 0.6) is 0 Å². The van der Waals surface area contributed by atoms with Crippen molar-refractivity contribution in [2.24, 2.45) is 4.99 Å². The number of morpholine rings is 1. The van der Waals surface area contributed by atoms with Gasteiger partial charge in [-0.3, -0.25) is 9.38 Å². The number of guanidine groups is 1. The first-order chi connectivity index (χ1) is 10.8. The number of nitrogens with zero attached hydrogens (tertiary/aromatic N) is 2. The summed E-state index contributed by atoms with van der Waals surface area (Å²) in [5.41, 5.74) is 2.47. The molecule has 0 amide bonds. The molecule has 0 bridgehead atoms. The second-order valence-electron chi connectivity index (χ2n) is 5.44. The van der Waals surface area contributed by atoms with Gasteiger partial charge in [0.2, 0.25) is 0 Å². The highest BCUT2D eigenvalue weighted by molar-refractivity contribution is 5.80. The minimum atomic E-state index is -0.322. The summed E-state index contributed by atoms with van der Waals surface area (Å²) < 4.78 is 18.2. The second-order valence-corrected chi connectivity index (χ2v) is 5.44. The Labute approximate surface area is 132 Å². The summed E-state index contributed by atoms with van der Waals surface area (Å²) in [6, 6.07) is 8.32. The highest BCUT2D eigenvalue weighted by Gasteiger charge is 2.24. The van der Waals surface area contributed by atoms with Crippen LogP contribution in [0.2, 0.25) is 0 Å². The van der Waals surface area contributed by atoms with Crippen LogP contribution in [-0.2, 0) is 4.74 Å². The first-order valence-electron chi connectivity index (χ1n) is 8.02. The van der Waals surface area contributed by atoms with Gasteiger partial charge in [0.05, 0.1) is 19.8 Å². The van der Waals surface area contributed by atoms with Gasteiger partial charge in [-0.1, -0.05) is 24.3 Å². The van der Waals surface area contributed by atoms with E-state index in [0.717, 1.165) is 25.6 Å². The van der Waals surface area contributed by atoms with Crippen molar-refractivity contribution in [2.75, 3.05) is 39.5 Å². The van der Waals surface area contributed by atoms with E-state index in [1.54, 1.807) is 0 Å². The van der Waals surface area contributed by atoms with E-state index in [2.05, 4.69) is 34.3 Å². The van der Waals surface area contributed by atoms with Crippen LogP contribution in [0, 0.1) is 6.92 Å². The summed E-state index contributed by atoms with van der Waals surface area (Å²) in [4.78, 5) is 6.72. The van der Waals surface area contributed by atoms with Crippen molar-refractivity contribution in [1.82, 2.24) is 10.2 Å². The number of halogens is 1. The number of aliphatic imine (C=N–C) groups is 1. The molecule has 1 atom stereocenters. The molecule has 1 heterocycles. The highest BCUT2D eigenvalue weighted by Crippen LogP contribution is 2.24. The summed E-state index contributed by atoms with van der Waals surface area (Å²) in [5.74, 6) is 0.859. The van der Waals surface area contributed by atoms with Crippen LogP contribution < -0.4 is 5.32 Å². The topological polar surface area (TPSA) is 36.9 Å². The van der Waals surface area contributed by atoms with E-state index in [1.807, 2.05) is 19.1 Å². The molecule has 1 fully saturated rings. The lowest BCUT2D eigenvalue weighted by Crippen LogP contribution is -2.48. The minimum absolute atomic E-state index is 0.0555. The van der Waals surface area contributed by atoms with Crippen molar-refractivity contribution in [2.45, 2.75) is 26.4 Å². The van der Waals surface area contributed by atoms with E-state index in [1.165, 1.54) is 11.1 Å². The van der Waals surface area contributed by atoms with Crippen molar-refractivity contribution in [3.63, 3.8) is 0 Å². The number of nitrogens with one attached hydrogen (secondary N) is 1. The Morgan fingerprint density at radius 1 is 1.45 bits per heavy atom. The Balaban J connectivity index is 2.07. The van der Waals surface area contributed by atoms with Gasteiger partial charge in [-0.05, 0) is 31.4 Å². The van der Waals surface area contributed by atoms with Gasteiger partial charge in [0.25, 0.3) is 0 Å². The first kappa shape index (κ1) is 16.7. The van der Waals surface area contributed by atoms with Gasteiger partial charge in [-0.2, -0.15) is 0 Å². The second kappa shape index (κ2) is 8.73. The Hall–Kier alpha value is -1.62. The maximum absolute atomic E-state index is 12.3. The van der Waals surface area contributed by atoms with E-state index in [9.17, 15) is 4.39 Å². The molecular formula is C17H26FN3O. The van der Waals surface area contributed by atoms with Crippen LogP contribution in [0.25, 0.3) is 0 Å². The van der Waals surface area contributed by atoms with Gasteiger partial charge in [0.1, 0.15) is 6.10 Å². The number of alkyl halides is 1. The van der Waals surface area contributed by atoms with Gasteiger partial charge >= 0.3 is 0 Å². The Morgan fingerprint density at radius 2 is 2.27 bits per heavy atom. The normalized spacial score (nSPS) is 19.3. The summed E-state index contributed by atoms with van der Waals surface area (Å²) in [6.07, 6.45) is 0.528. The number of hydrogen-bond acceptors (Lipinski definition) is 2. The molecule has 4 nitrogen and oxygen atoms in total. The van der Waals surface area contributed by atoms with Gasteiger partial charge in [-0.25, -0.2) is 0 Å². The fourth-order valence-corrected chi connectivity index (χ4v) is 2.65. The average molecular weight is 307 g/mol. The molecule has 1 aromatic rings. The number of benzene rings is 1. The van der Waals surface area contributed by atoms with E-state index >= 15 is 0 Å². The van der Waals surface area contributed by atoms with Crippen LogP contribution in [0.1, 0.15) is 30.6 Å². The fourth-order valence-electron chi connectivity index (χ4n) is 2.65. The molecule has 1 aliphatic rings. The van der Waals surface area contributed by atoms with E-state index in [4.69, 9.17) is 4.74 Å². The average Bonchev–Trinajstić information content (AvgIpc) is 2.55. The van der Waals surface area contributed by atoms with Gasteiger partial charge < -0.3 is 15.0 Å². The number of ether oxygens (including phenoxy) is 1. The van der Waals surface area contributed by atoms with Crippen molar-refractivity contribution < 1.29 is 9.13 Å². The lowest BCUT2D eigenvalue weighted by molar-refractivity contribution is -0.00833. The molecule has 122 valence electrons. The quantitative estimate of drug-likeness (QED) is 0.516. The zero-order valence-corrected chi connectivity index (χ0v) is 13.5. The maximum Gasteiger partial charge on any atom is 0.194 e. The zero-order chi connectivity index (χ0) is 15.8. The molecule has 1 aliphatic heterocycles. The lowest BCUT2D eigenvalue weighted by atomic mass is 10.0. The zero-order valence-electron chi connectivity index (χ0n) is 13.5. The van der Waals surface area contributed by atoms with E-state index < -0.39 is 0 Å². The monoisotopic (exact) mass is 307 g/mol.